The third-order valence-corrected chi connectivity index (χ3v) is 12.2. The number of carbonyl (C=O) groups is 2. The molecule has 3 aliphatic heterocycles. The Morgan fingerprint density at radius 1 is 1.12 bits per heavy atom. The van der Waals surface area contributed by atoms with Crippen LogP contribution in [0.2, 0.25) is 5.02 Å². The number of likely N-dealkylation sites (tertiary alicyclic amines) is 1. The van der Waals surface area contributed by atoms with Crippen molar-refractivity contribution in [3.8, 4) is 5.75 Å². The minimum Gasteiger partial charge on any atom is -0.490 e. The van der Waals surface area contributed by atoms with Crippen LogP contribution < -0.4 is 14.4 Å². The summed E-state index contributed by atoms with van der Waals surface area (Å²) in [5.74, 6) is -0.201. The Balaban J connectivity index is 1.28. The molecule has 1 saturated carbocycles. The molecule has 2 aromatic carbocycles. The van der Waals surface area contributed by atoms with Crippen LogP contribution in [-0.2, 0) is 36.1 Å². The SMILES string of the molecule is CC1(C)OCC=C[C@H](OC(=O)N2CC(F)C2)[C@@H]2CC[C@H]2CN2C[C@@]3(CCCc4cc(Cl)ccc43)COc3ccc(cc32)S(=O)(=O)NC1=O. The molecule has 1 saturated heterocycles. The number of halogens is 2. The van der Waals surface area contributed by atoms with E-state index in [0.29, 0.717) is 36.2 Å². The highest BCUT2D eigenvalue weighted by molar-refractivity contribution is 7.90. The van der Waals surface area contributed by atoms with Gasteiger partial charge in [0.15, 0.2) is 0 Å². The number of sulfonamides is 1. The van der Waals surface area contributed by atoms with Crippen LogP contribution in [0.15, 0.2) is 53.4 Å². The van der Waals surface area contributed by atoms with Crippen LogP contribution in [0.4, 0.5) is 14.9 Å². The van der Waals surface area contributed by atoms with Crippen molar-refractivity contribution in [3.63, 3.8) is 0 Å². The Morgan fingerprint density at radius 3 is 2.69 bits per heavy atom. The molecule has 0 radical (unpaired) electrons. The molecule has 0 aromatic heterocycles. The average molecular weight is 702 g/mol. The topological polar surface area (TPSA) is 114 Å². The number of rotatable bonds is 1. The minimum atomic E-state index is -4.25. The Bertz CT molecular complexity index is 1750. The van der Waals surface area contributed by atoms with E-state index in [9.17, 15) is 22.4 Å². The second-order valence-corrected chi connectivity index (χ2v) is 16.4. The van der Waals surface area contributed by atoms with Crippen molar-refractivity contribution in [1.82, 2.24) is 9.62 Å². The molecule has 2 bridgehead atoms. The van der Waals surface area contributed by atoms with Crippen molar-refractivity contribution in [1.29, 1.82) is 0 Å². The predicted octanol–water partition coefficient (Wildman–Crippen LogP) is 5.17. The second kappa shape index (κ2) is 12.5. The molecule has 4 atom stereocenters. The van der Waals surface area contributed by atoms with E-state index in [1.165, 1.54) is 35.9 Å². The fraction of sp³-hybridized carbons (Fsp3) is 0.543. The molecule has 1 spiro atoms. The average Bonchev–Trinajstić information content (AvgIpc) is 3.15. The Hall–Kier alpha value is -3.35. The van der Waals surface area contributed by atoms with Crippen LogP contribution in [-0.4, -0.2) is 82.6 Å². The quantitative estimate of drug-likeness (QED) is 0.406. The summed E-state index contributed by atoms with van der Waals surface area (Å²) in [6.45, 7) is 4.53. The fourth-order valence-electron chi connectivity index (χ4n) is 7.65. The van der Waals surface area contributed by atoms with Crippen LogP contribution in [0.25, 0.3) is 0 Å². The molecule has 3 heterocycles. The number of fused-ring (bicyclic) bond motifs is 4. The Morgan fingerprint density at radius 2 is 1.94 bits per heavy atom. The van der Waals surface area contributed by atoms with Gasteiger partial charge in [0.1, 0.15) is 23.6 Å². The summed E-state index contributed by atoms with van der Waals surface area (Å²) in [7, 11) is -4.25. The molecule has 2 aromatic rings. The van der Waals surface area contributed by atoms with E-state index in [2.05, 4.69) is 15.7 Å². The first-order chi connectivity index (χ1) is 22.8. The number of nitrogens with zero attached hydrogens (tertiary/aromatic N) is 2. The maximum absolute atomic E-state index is 13.6. The van der Waals surface area contributed by atoms with Gasteiger partial charge in [0.05, 0.1) is 36.9 Å². The van der Waals surface area contributed by atoms with E-state index in [4.69, 9.17) is 25.8 Å². The number of carbonyl (C=O) groups excluding carboxylic acids is 2. The van der Waals surface area contributed by atoms with E-state index in [0.717, 1.165) is 32.1 Å². The van der Waals surface area contributed by atoms with Gasteiger partial charge in [-0.2, -0.15) is 0 Å². The summed E-state index contributed by atoms with van der Waals surface area (Å²) in [5.41, 5.74) is 1.13. The molecule has 2 fully saturated rings. The van der Waals surface area contributed by atoms with Gasteiger partial charge in [-0.25, -0.2) is 22.3 Å². The van der Waals surface area contributed by atoms with Gasteiger partial charge in [-0.3, -0.25) is 4.79 Å². The third-order valence-electron chi connectivity index (χ3n) is 10.6. The molecular weight excluding hydrogens is 661 g/mol. The number of alkyl halides is 1. The zero-order chi connectivity index (χ0) is 33.8. The van der Waals surface area contributed by atoms with E-state index in [1.54, 1.807) is 24.3 Å². The van der Waals surface area contributed by atoms with E-state index in [1.807, 2.05) is 12.1 Å². The van der Waals surface area contributed by atoms with Gasteiger partial charge in [-0.15, -0.1) is 0 Å². The molecule has 258 valence electrons. The maximum Gasteiger partial charge on any atom is 0.410 e. The standard InChI is InChI=1S/C35H41ClFN3O7S/c1-34(2)32(41)38-48(43,44)26-9-12-31-29(16-26)40(20-35(21-45-31)13-3-5-22-15-24(36)8-11-28(22)35)17-23-7-10-27(23)30(6-4-14-46-34)47-33(42)39-18-25(37)19-39/h4,6,8-9,11-12,15-16,23,25,27,30H,3,5,7,10,13-14,17-21H2,1-2H3,(H,38,41)/t23-,27+,30-,35-/m0/s1. The van der Waals surface area contributed by atoms with Gasteiger partial charge in [0.2, 0.25) is 0 Å². The number of hydrogen-bond donors (Lipinski definition) is 1. The van der Waals surface area contributed by atoms with E-state index >= 15 is 0 Å². The lowest BCUT2D eigenvalue weighted by Crippen LogP contribution is -2.54. The van der Waals surface area contributed by atoms with Crippen molar-refractivity contribution in [2.24, 2.45) is 11.8 Å². The molecule has 13 heteroatoms. The number of amides is 2. The van der Waals surface area contributed by atoms with Crippen molar-refractivity contribution < 1.29 is 36.6 Å². The molecule has 10 nitrogen and oxygen atoms in total. The summed E-state index contributed by atoms with van der Waals surface area (Å²) >= 11 is 6.41. The number of hydrogen-bond acceptors (Lipinski definition) is 8. The number of ether oxygens (including phenoxy) is 3. The number of anilines is 1. The number of benzene rings is 2. The smallest absolute Gasteiger partial charge is 0.410 e. The highest BCUT2D eigenvalue weighted by Gasteiger charge is 2.46. The summed E-state index contributed by atoms with van der Waals surface area (Å²) in [6.07, 6.45) is 5.71. The normalized spacial score (nSPS) is 29.7. The highest BCUT2D eigenvalue weighted by atomic mass is 35.5. The maximum atomic E-state index is 13.6. The first kappa shape index (κ1) is 33.2. The molecule has 5 aliphatic rings. The van der Waals surface area contributed by atoms with Crippen LogP contribution in [0, 0.1) is 11.8 Å². The zero-order valence-corrected chi connectivity index (χ0v) is 28.7. The van der Waals surface area contributed by atoms with Gasteiger partial charge >= 0.3 is 6.09 Å². The molecule has 2 amide bonds. The minimum absolute atomic E-state index is 0.0142. The Labute approximate surface area is 285 Å². The molecular formula is C35H41ClFN3O7S. The monoisotopic (exact) mass is 701 g/mol. The largest absolute Gasteiger partial charge is 0.490 e. The number of aryl methyl sites for hydroxylation is 1. The first-order valence-corrected chi connectivity index (χ1v) is 18.5. The van der Waals surface area contributed by atoms with E-state index < -0.39 is 39.9 Å². The van der Waals surface area contributed by atoms with Gasteiger partial charge in [0, 0.05) is 29.4 Å². The van der Waals surface area contributed by atoms with Gasteiger partial charge in [-0.05, 0) is 99.4 Å². The number of nitrogens with one attached hydrogen (secondary N) is 1. The molecule has 48 heavy (non-hydrogen) atoms. The van der Waals surface area contributed by atoms with Crippen molar-refractivity contribution in [3.05, 3.63) is 64.7 Å². The van der Waals surface area contributed by atoms with Crippen LogP contribution in [0.5, 0.6) is 5.75 Å². The van der Waals surface area contributed by atoms with E-state index in [-0.39, 0.29) is 41.8 Å². The van der Waals surface area contributed by atoms with Crippen LogP contribution >= 0.6 is 11.6 Å². The van der Waals surface area contributed by atoms with Crippen molar-refractivity contribution in [2.45, 2.75) is 74.1 Å². The lowest BCUT2D eigenvalue weighted by molar-refractivity contribution is -0.139. The molecule has 0 unspecified atom stereocenters. The summed E-state index contributed by atoms with van der Waals surface area (Å²) in [4.78, 5) is 29.7. The third kappa shape index (κ3) is 6.27. The fourth-order valence-corrected chi connectivity index (χ4v) is 8.96. The first-order valence-electron chi connectivity index (χ1n) is 16.6. The lowest BCUT2D eigenvalue weighted by atomic mass is 9.68. The summed E-state index contributed by atoms with van der Waals surface area (Å²) < 4.78 is 61.3. The van der Waals surface area contributed by atoms with Crippen molar-refractivity contribution >= 4 is 39.3 Å². The van der Waals surface area contributed by atoms with Crippen molar-refractivity contribution in [2.75, 3.05) is 44.3 Å². The molecule has 7 rings (SSSR count). The Kier molecular flexibility index (Phi) is 8.65. The summed E-state index contributed by atoms with van der Waals surface area (Å²) in [6, 6.07) is 10.7. The molecule has 2 aliphatic carbocycles. The van der Waals surface area contributed by atoms with Gasteiger partial charge in [0.25, 0.3) is 15.9 Å². The van der Waals surface area contributed by atoms with Gasteiger partial charge in [-0.1, -0.05) is 23.7 Å². The van der Waals surface area contributed by atoms with Gasteiger partial charge < -0.3 is 24.0 Å². The summed E-state index contributed by atoms with van der Waals surface area (Å²) in [5, 5.41) is 0.685. The zero-order valence-electron chi connectivity index (χ0n) is 27.1. The predicted molar refractivity (Wildman–Crippen MR) is 178 cm³/mol. The highest BCUT2D eigenvalue weighted by Crippen LogP contribution is 2.47. The lowest BCUT2D eigenvalue weighted by Gasteiger charge is -2.46. The molecule has 1 N–H and O–H groups in total. The van der Waals surface area contributed by atoms with Crippen LogP contribution in [0.1, 0.15) is 50.7 Å². The second-order valence-electron chi connectivity index (χ2n) is 14.3. The van der Waals surface area contributed by atoms with Crippen LogP contribution in [0.3, 0.4) is 0 Å².